The van der Waals surface area contributed by atoms with E-state index in [0.29, 0.717) is 23.2 Å². The molecule has 0 aliphatic heterocycles. The van der Waals surface area contributed by atoms with E-state index in [1.165, 1.54) is 12.1 Å². The van der Waals surface area contributed by atoms with Crippen molar-refractivity contribution in [3.05, 3.63) is 72.3 Å². The van der Waals surface area contributed by atoms with Gasteiger partial charge in [0.05, 0.1) is 10.3 Å². The molecule has 158 valence electrons. The van der Waals surface area contributed by atoms with E-state index < -0.39 is 21.3 Å². The molecule has 1 fully saturated rings. The molecule has 0 saturated heterocycles. The maximum absolute atomic E-state index is 12.9. The Hall–Kier alpha value is -2.93. The third-order valence-corrected chi connectivity index (χ3v) is 7.27. The van der Waals surface area contributed by atoms with Gasteiger partial charge in [0.2, 0.25) is 5.91 Å². The van der Waals surface area contributed by atoms with Crippen molar-refractivity contribution in [3.63, 3.8) is 0 Å². The molecular formula is C23H26N2O4S. The average molecular weight is 427 g/mol. The summed E-state index contributed by atoms with van der Waals surface area (Å²) in [5.74, 6) is -0.818. The summed E-state index contributed by atoms with van der Waals surface area (Å²) in [6.45, 7) is 9.18. The molecule has 0 bridgehead atoms. The summed E-state index contributed by atoms with van der Waals surface area (Å²) in [6.07, 6.45) is 2.31. The number of benzene rings is 2. The normalized spacial score (nSPS) is 20.5. The summed E-state index contributed by atoms with van der Waals surface area (Å²) < 4.78 is 28.0. The molecule has 0 radical (unpaired) electrons. The summed E-state index contributed by atoms with van der Waals surface area (Å²) in [7, 11) is -4.04. The second-order valence-electron chi connectivity index (χ2n) is 7.98. The Balaban J connectivity index is 1.78. The second-order valence-corrected chi connectivity index (χ2v) is 9.63. The van der Waals surface area contributed by atoms with Gasteiger partial charge in [0.15, 0.2) is 0 Å². The number of nitrogens with one attached hydrogen (secondary N) is 2. The Kier molecular flexibility index (Phi) is 5.85. The molecule has 2 aromatic carbocycles. The highest BCUT2D eigenvalue weighted by Gasteiger charge is 2.60. The lowest BCUT2D eigenvalue weighted by Gasteiger charge is -2.21. The molecule has 3 rings (SSSR count). The Labute approximate surface area is 177 Å². The summed E-state index contributed by atoms with van der Waals surface area (Å²) in [4.78, 5) is 25.1. The molecule has 0 spiro atoms. The maximum atomic E-state index is 12.9. The molecule has 2 aromatic rings. The lowest BCUT2D eigenvalue weighted by molar-refractivity contribution is -0.126. The van der Waals surface area contributed by atoms with Gasteiger partial charge in [-0.25, -0.2) is 13.1 Å². The number of aryl methyl sites for hydroxylation is 1. The van der Waals surface area contributed by atoms with E-state index in [4.69, 9.17) is 0 Å². The van der Waals surface area contributed by atoms with E-state index in [1.54, 1.807) is 43.3 Å². The number of carbonyl (C=O) groups excluding carboxylic acids is 2. The van der Waals surface area contributed by atoms with Crippen LogP contribution in [0, 0.1) is 24.2 Å². The minimum atomic E-state index is -4.04. The Bertz CT molecular complexity index is 1090. The van der Waals surface area contributed by atoms with E-state index in [1.807, 2.05) is 19.9 Å². The van der Waals surface area contributed by atoms with Gasteiger partial charge in [-0.05, 0) is 61.1 Å². The zero-order valence-electron chi connectivity index (χ0n) is 17.3. The first kappa shape index (κ1) is 21.8. The fourth-order valence-corrected chi connectivity index (χ4v) is 5.15. The molecule has 0 heterocycles. The minimum absolute atomic E-state index is 0.00303. The molecule has 2 atom stereocenters. The van der Waals surface area contributed by atoms with Crippen LogP contribution in [0.3, 0.4) is 0 Å². The molecule has 30 heavy (non-hydrogen) atoms. The fourth-order valence-electron chi connectivity index (χ4n) is 3.88. The highest BCUT2D eigenvalue weighted by atomic mass is 32.2. The summed E-state index contributed by atoms with van der Waals surface area (Å²) >= 11 is 0. The lowest BCUT2D eigenvalue weighted by Crippen LogP contribution is -2.40. The van der Waals surface area contributed by atoms with Gasteiger partial charge in [-0.15, -0.1) is 6.58 Å². The first-order valence-electron chi connectivity index (χ1n) is 9.78. The number of hydrogen-bond acceptors (Lipinski definition) is 4. The standard InChI is InChI=1S/C23H26N2O4S/c1-5-18-14-23(18,15(2)3)22(27)25-30(28,29)20-12-11-19(13-16(20)4)24-21(26)17-9-7-6-8-10-17/h5-13,15,18H,1,14H2,2-4H3,(H,24,26)(H,25,27)/t18-,23-/m1/s1. The molecule has 1 saturated carbocycles. The maximum Gasteiger partial charge on any atom is 0.264 e. The Morgan fingerprint density at radius 2 is 1.83 bits per heavy atom. The van der Waals surface area contributed by atoms with E-state index >= 15 is 0 Å². The third-order valence-electron chi connectivity index (χ3n) is 5.78. The third kappa shape index (κ3) is 4.03. The van der Waals surface area contributed by atoms with Crippen LogP contribution in [-0.2, 0) is 14.8 Å². The van der Waals surface area contributed by atoms with Crippen LogP contribution in [0.2, 0.25) is 0 Å². The molecule has 6 nitrogen and oxygen atoms in total. The number of amides is 2. The van der Waals surface area contributed by atoms with Crippen LogP contribution < -0.4 is 10.0 Å². The molecule has 1 aliphatic carbocycles. The fraction of sp³-hybridized carbons (Fsp3) is 0.304. The van der Waals surface area contributed by atoms with E-state index in [9.17, 15) is 18.0 Å². The predicted octanol–water partition coefficient (Wildman–Crippen LogP) is 3.90. The van der Waals surface area contributed by atoms with Gasteiger partial charge in [-0.3, -0.25) is 9.59 Å². The van der Waals surface area contributed by atoms with E-state index in [0.717, 1.165) is 0 Å². The van der Waals surface area contributed by atoms with Crippen LogP contribution in [0.4, 0.5) is 5.69 Å². The number of rotatable bonds is 7. The van der Waals surface area contributed by atoms with Crippen molar-refractivity contribution in [2.24, 2.45) is 17.3 Å². The molecule has 0 unspecified atom stereocenters. The van der Waals surface area contributed by atoms with Crippen LogP contribution in [-0.4, -0.2) is 20.2 Å². The van der Waals surface area contributed by atoms with Gasteiger partial charge >= 0.3 is 0 Å². The van der Waals surface area contributed by atoms with Crippen molar-refractivity contribution in [2.45, 2.75) is 32.1 Å². The summed E-state index contributed by atoms with van der Waals surface area (Å²) in [6, 6.07) is 13.2. The molecule has 0 aromatic heterocycles. The van der Waals surface area contributed by atoms with Crippen molar-refractivity contribution < 1.29 is 18.0 Å². The van der Waals surface area contributed by atoms with E-state index in [-0.39, 0.29) is 22.6 Å². The molecule has 2 N–H and O–H groups in total. The van der Waals surface area contributed by atoms with Crippen LogP contribution in [0.25, 0.3) is 0 Å². The Morgan fingerprint density at radius 1 is 1.17 bits per heavy atom. The molecular weight excluding hydrogens is 400 g/mol. The van der Waals surface area contributed by atoms with Crippen molar-refractivity contribution in [2.75, 3.05) is 5.32 Å². The predicted molar refractivity (Wildman–Crippen MR) is 116 cm³/mol. The van der Waals surface area contributed by atoms with Gasteiger partial charge in [0.1, 0.15) is 0 Å². The van der Waals surface area contributed by atoms with Crippen molar-refractivity contribution in [3.8, 4) is 0 Å². The second kappa shape index (κ2) is 8.07. The molecule has 2 amide bonds. The van der Waals surface area contributed by atoms with Gasteiger partial charge < -0.3 is 5.32 Å². The summed E-state index contributed by atoms with van der Waals surface area (Å²) in [5, 5.41) is 2.75. The van der Waals surface area contributed by atoms with Gasteiger partial charge in [0, 0.05) is 11.3 Å². The highest BCUT2D eigenvalue weighted by Crippen LogP contribution is 2.58. The lowest BCUT2D eigenvalue weighted by atomic mass is 9.89. The highest BCUT2D eigenvalue weighted by molar-refractivity contribution is 7.90. The minimum Gasteiger partial charge on any atom is -0.322 e. The first-order chi connectivity index (χ1) is 14.1. The zero-order valence-corrected chi connectivity index (χ0v) is 18.1. The Morgan fingerprint density at radius 3 is 2.37 bits per heavy atom. The number of carbonyl (C=O) groups is 2. The largest absolute Gasteiger partial charge is 0.322 e. The van der Waals surface area contributed by atoms with Gasteiger partial charge in [-0.1, -0.05) is 38.1 Å². The van der Waals surface area contributed by atoms with Crippen LogP contribution in [0.1, 0.15) is 36.2 Å². The van der Waals surface area contributed by atoms with Crippen molar-refractivity contribution >= 4 is 27.5 Å². The topological polar surface area (TPSA) is 92.3 Å². The number of hydrogen-bond donors (Lipinski definition) is 2. The van der Waals surface area contributed by atoms with Crippen LogP contribution in [0.15, 0.2) is 66.1 Å². The van der Waals surface area contributed by atoms with Crippen LogP contribution >= 0.6 is 0 Å². The SMILES string of the molecule is C=C[C@@H]1C[C@@]1(C(=O)NS(=O)(=O)c1ccc(NC(=O)c2ccccc2)cc1C)C(C)C. The number of allylic oxidation sites excluding steroid dienone is 1. The van der Waals surface area contributed by atoms with Crippen LogP contribution in [0.5, 0.6) is 0 Å². The van der Waals surface area contributed by atoms with Crippen molar-refractivity contribution in [1.82, 2.24) is 4.72 Å². The molecule has 1 aliphatic rings. The quantitative estimate of drug-likeness (QED) is 0.657. The van der Waals surface area contributed by atoms with Gasteiger partial charge in [-0.2, -0.15) is 0 Å². The average Bonchev–Trinajstić information content (AvgIpc) is 3.44. The monoisotopic (exact) mass is 426 g/mol. The summed E-state index contributed by atoms with van der Waals surface area (Å²) in [5.41, 5.74) is 0.668. The first-order valence-corrected chi connectivity index (χ1v) is 11.3. The van der Waals surface area contributed by atoms with Crippen molar-refractivity contribution in [1.29, 1.82) is 0 Å². The van der Waals surface area contributed by atoms with Gasteiger partial charge in [0.25, 0.3) is 15.9 Å². The number of sulfonamides is 1. The molecule has 7 heteroatoms. The smallest absolute Gasteiger partial charge is 0.264 e. The zero-order chi connectivity index (χ0) is 22.1. The number of anilines is 1. The van der Waals surface area contributed by atoms with E-state index in [2.05, 4.69) is 16.6 Å².